The van der Waals surface area contributed by atoms with Crippen molar-refractivity contribution < 1.29 is 4.74 Å². The highest BCUT2D eigenvalue weighted by molar-refractivity contribution is 8.00. The Bertz CT molecular complexity index is 320. The summed E-state index contributed by atoms with van der Waals surface area (Å²) >= 11 is 1.90. The minimum atomic E-state index is 0.0366. The van der Waals surface area contributed by atoms with E-state index in [-0.39, 0.29) is 4.93 Å². The second-order valence-corrected chi connectivity index (χ2v) is 5.20. The molecule has 1 saturated heterocycles. The Morgan fingerprint density at radius 2 is 2.00 bits per heavy atom. The van der Waals surface area contributed by atoms with Crippen molar-refractivity contribution >= 4 is 11.8 Å². The van der Waals surface area contributed by atoms with E-state index in [0.717, 1.165) is 31.7 Å². The monoisotopic (exact) mass is 207 g/mol. The maximum Gasteiger partial charge on any atom is 0.161 e. The van der Waals surface area contributed by atoms with Gasteiger partial charge in [-0.2, -0.15) is 0 Å². The molecule has 3 heteroatoms. The average molecular weight is 207 g/mol. The van der Waals surface area contributed by atoms with E-state index in [2.05, 4.69) is 23.5 Å². The van der Waals surface area contributed by atoms with Gasteiger partial charge in [0.05, 0.1) is 4.90 Å². The van der Waals surface area contributed by atoms with Gasteiger partial charge in [0.15, 0.2) is 4.93 Å². The van der Waals surface area contributed by atoms with Crippen LogP contribution in [0.15, 0.2) is 29.2 Å². The van der Waals surface area contributed by atoms with Crippen LogP contribution in [0.2, 0.25) is 0 Å². The molecule has 0 aliphatic carbocycles. The molecule has 0 amide bonds. The van der Waals surface area contributed by atoms with Crippen molar-refractivity contribution in [3.05, 3.63) is 24.3 Å². The number of nitrogens with one attached hydrogen (secondary N) is 1. The summed E-state index contributed by atoms with van der Waals surface area (Å²) in [5.74, 6) is 1.07. The quantitative estimate of drug-likeness (QED) is 0.705. The molecule has 0 radical (unpaired) electrons. The first kappa shape index (κ1) is 8.62. The molecular formula is C11H13NOS. The van der Waals surface area contributed by atoms with E-state index < -0.39 is 0 Å². The molecule has 0 saturated carbocycles. The number of hydrogen-bond acceptors (Lipinski definition) is 3. The number of fused-ring (bicyclic) bond motifs is 1. The minimum Gasteiger partial charge on any atom is -0.475 e. The first-order valence-electron chi connectivity index (χ1n) is 5.06. The van der Waals surface area contributed by atoms with Gasteiger partial charge in [0.25, 0.3) is 0 Å². The topological polar surface area (TPSA) is 21.3 Å². The Labute approximate surface area is 88.0 Å². The third-order valence-electron chi connectivity index (χ3n) is 2.81. The van der Waals surface area contributed by atoms with E-state index in [9.17, 15) is 0 Å². The summed E-state index contributed by atoms with van der Waals surface area (Å²) in [6, 6.07) is 8.34. The van der Waals surface area contributed by atoms with Crippen LogP contribution >= 0.6 is 11.8 Å². The normalized spacial score (nSPS) is 23.1. The predicted octanol–water partition coefficient (Wildman–Crippen LogP) is 2.25. The zero-order valence-electron chi connectivity index (χ0n) is 7.95. The number of benzene rings is 1. The van der Waals surface area contributed by atoms with Crippen LogP contribution in [0.4, 0.5) is 0 Å². The van der Waals surface area contributed by atoms with Gasteiger partial charge in [-0.15, -0.1) is 0 Å². The van der Waals surface area contributed by atoms with E-state index in [1.807, 2.05) is 17.8 Å². The van der Waals surface area contributed by atoms with E-state index in [0.29, 0.717) is 0 Å². The predicted molar refractivity (Wildman–Crippen MR) is 57.8 cm³/mol. The van der Waals surface area contributed by atoms with Crippen molar-refractivity contribution in [2.24, 2.45) is 0 Å². The first-order chi connectivity index (χ1) is 6.88. The smallest absolute Gasteiger partial charge is 0.161 e. The summed E-state index contributed by atoms with van der Waals surface area (Å²) in [4.78, 5) is 1.34. The highest BCUT2D eigenvalue weighted by Crippen LogP contribution is 2.50. The number of rotatable bonds is 0. The molecule has 1 fully saturated rings. The molecule has 0 aromatic heterocycles. The maximum absolute atomic E-state index is 6.06. The summed E-state index contributed by atoms with van der Waals surface area (Å²) in [6.07, 6.45) is 2.21. The lowest BCUT2D eigenvalue weighted by Crippen LogP contribution is -2.41. The van der Waals surface area contributed by atoms with Crippen LogP contribution in [-0.4, -0.2) is 18.0 Å². The van der Waals surface area contributed by atoms with Crippen molar-refractivity contribution in [2.75, 3.05) is 13.1 Å². The van der Waals surface area contributed by atoms with Crippen molar-refractivity contribution in [2.45, 2.75) is 22.7 Å². The van der Waals surface area contributed by atoms with Gasteiger partial charge in [0.1, 0.15) is 5.75 Å². The van der Waals surface area contributed by atoms with Crippen LogP contribution in [0.25, 0.3) is 0 Å². The molecular weight excluding hydrogens is 194 g/mol. The molecule has 3 rings (SSSR count). The molecule has 2 aliphatic heterocycles. The molecule has 1 N–H and O–H groups in total. The van der Waals surface area contributed by atoms with Crippen LogP contribution in [0.5, 0.6) is 5.75 Å². The van der Waals surface area contributed by atoms with Crippen molar-refractivity contribution in [3.8, 4) is 5.75 Å². The number of piperidine rings is 1. The number of hydrogen-bond donors (Lipinski definition) is 1. The number of para-hydroxylation sites is 1. The lowest BCUT2D eigenvalue weighted by atomic mass is 10.1. The summed E-state index contributed by atoms with van der Waals surface area (Å²) in [5, 5.41) is 3.37. The van der Waals surface area contributed by atoms with Crippen LogP contribution < -0.4 is 10.1 Å². The SMILES string of the molecule is c1ccc2c(c1)OC1(CCNCC1)S2. The first-order valence-corrected chi connectivity index (χ1v) is 5.87. The molecule has 0 atom stereocenters. The second-order valence-electron chi connectivity index (χ2n) is 3.81. The number of thioether (sulfide) groups is 1. The standard InChI is InChI=1S/C11H13NOS/c1-2-4-10-9(3-1)13-11(14-10)5-7-12-8-6-11/h1-4,12H,5-8H2. The van der Waals surface area contributed by atoms with Crippen molar-refractivity contribution in [1.82, 2.24) is 5.32 Å². The minimum absolute atomic E-state index is 0.0366. The van der Waals surface area contributed by atoms with Gasteiger partial charge in [-0.05, 0) is 25.2 Å². The fourth-order valence-corrected chi connectivity index (χ4v) is 3.35. The van der Waals surface area contributed by atoms with Crippen LogP contribution in [0.1, 0.15) is 12.8 Å². The highest BCUT2D eigenvalue weighted by atomic mass is 32.2. The van der Waals surface area contributed by atoms with E-state index >= 15 is 0 Å². The molecule has 1 aromatic carbocycles. The van der Waals surface area contributed by atoms with Gasteiger partial charge in [-0.3, -0.25) is 0 Å². The Kier molecular flexibility index (Phi) is 1.96. The van der Waals surface area contributed by atoms with Crippen molar-refractivity contribution in [1.29, 1.82) is 0 Å². The molecule has 2 aliphatic rings. The Hall–Kier alpha value is -0.670. The molecule has 0 unspecified atom stereocenters. The van der Waals surface area contributed by atoms with Gasteiger partial charge in [-0.1, -0.05) is 23.9 Å². The summed E-state index contributed by atoms with van der Waals surface area (Å²) in [7, 11) is 0. The third-order valence-corrected chi connectivity index (χ3v) is 4.23. The lowest BCUT2D eigenvalue weighted by Gasteiger charge is -2.31. The molecule has 2 heterocycles. The Morgan fingerprint density at radius 3 is 2.79 bits per heavy atom. The molecule has 14 heavy (non-hydrogen) atoms. The fourth-order valence-electron chi connectivity index (χ4n) is 2.05. The van der Waals surface area contributed by atoms with Crippen LogP contribution in [0.3, 0.4) is 0 Å². The van der Waals surface area contributed by atoms with E-state index in [4.69, 9.17) is 4.74 Å². The largest absolute Gasteiger partial charge is 0.475 e. The molecule has 74 valence electrons. The average Bonchev–Trinajstić information content (AvgIpc) is 2.56. The molecule has 1 spiro atoms. The molecule has 0 bridgehead atoms. The van der Waals surface area contributed by atoms with Gasteiger partial charge in [0.2, 0.25) is 0 Å². The second kappa shape index (κ2) is 3.17. The lowest BCUT2D eigenvalue weighted by molar-refractivity contribution is 0.135. The van der Waals surface area contributed by atoms with Gasteiger partial charge >= 0.3 is 0 Å². The Balaban J connectivity index is 1.89. The molecule has 2 nitrogen and oxygen atoms in total. The summed E-state index contributed by atoms with van der Waals surface area (Å²) in [6.45, 7) is 2.14. The number of ether oxygens (including phenoxy) is 1. The maximum atomic E-state index is 6.06. The summed E-state index contributed by atoms with van der Waals surface area (Å²) in [5.41, 5.74) is 0. The third kappa shape index (κ3) is 1.31. The highest BCUT2D eigenvalue weighted by Gasteiger charge is 2.40. The fraction of sp³-hybridized carbons (Fsp3) is 0.455. The van der Waals surface area contributed by atoms with Gasteiger partial charge in [0, 0.05) is 12.8 Å². The Morgan fingerprint density at radius 1 is 1.21 bits per heavy atom. The molecule has 1 aromatic rings. The van der Waals surface area contributed by atoms with Crippen LogP contribution in [-0.2, 0) is 0 Å². The summed E-state index contributed by atoms with van der Waals surface area (Å²) < 4.78 is 6.06. The zero-order valence-corrected chi connectivity index (χ0v) is 8.77. The van der Waals surface area contributed by atoms with Crippen molar-refractivity contribution in [3.63, 3.8) is 0 Å². The van der Waals surface area contributed by atoms with Gasteiger partial charge in [-0.25, -0.2) is 0 Å². The van der Waals surface area contributed by atoms with Crippen LogP contribution in [0, 0.1) is 0 Å². The van der Waals surface area contributed by atoms with E-state index in [1.165, 1.54) is 4.90 Å². The zero-order chi connectivity index (χ0) is 9.43. The van der Waals surface area contributed by atoms with E-state index in [1.54, 1.807) is 0 Å². The van der Waals surface area contributed by atoms with Gasteiger partial charge < -0.3 is 10.1 Å².